The fourth-order valence-electron chi connectivity index (χ4n) is 6.35. The summed E-state index contributed by atoms with van der Waals surface area (Å²) in [5.74, 6) is -0.635. The van der Waals surface area contributed by atoms with Crippen LogP contribution < -0.4 is 0 Å². The van der Waals surface area contributed by atoms with Gasteiger partial charge < -0.3 is 9.84 Å². The van der Waals surface area contributed by atoms with Gasteiger partial charge in [0.1, 0.15) is 6.10 Å². The third kappa shape index (κ3) is 35.4. The van der Waals surface area contributed by atoms with E-state index < -0.39 is 5.97 Å². The summed E-state index contributed by atoms with van der Waals surface area (Å²) in [7, 11) is 0. The summed E-state index contributed by atoms with van der Waals surface area (Å²) in [4.78, 5) is 22.8. The van der Waals surface area contributed by atoms with Gasteiger partial charge in [0.25, 0.3) is 0 Å². The van der Waals surface area contributed by atoms with Crippen molar-refractivity contribution in [3.8, 4) is 0 Å². The predicted molar refractivity (Wildman–Crippen MR) is 190 cm³/mol. The van der Waals surface area contributed by atoms with E-state index in [1.807, 2.05) is 0 Å². The molecule has 0 radical (unpaired) electrons. The first-order valence-corrected chi connectivity index (χ1v) is 20.0. The molecule has 0 aliphatic rings. The molecule has 0 aromatic heterocycles. The molecule has 4 heteroatoms. The number of carbonyl (C=O) groups is 2. The van der Waals surface area contributed by atoms with E-state index in [0.717, 1.165) is 32.1 Å². The molecular formula is C40H78O4. The average Bonchev–Trinajstić information content (AvgIpc) is 3.01. The van der Waals surface area contributed by atoms with Crippen LogP contribution in [-0.2, 0) is 14.3 Å². The SMILES string of the molecule is CCCCCCCCCCCCCCCCCC(=O)OC(CC)CCCCCCCCCCCCCCCCCCC(=O)O. The van der Waals surface area contributed by atoms with Gasteiger partial charge in [-0.05, 0) is 32.1 Å². The third-order valence-corrected chi connectivity index (χ3v) is 9.40. The van der Waals surface area contributed by atoms with E-state index in [4.69, 9.17) is 9.84 Å². The number of carbonyl (C=O) groups excluding carboxylic acids is 1. The van der Waals surface area contributed by atoms with Crippen molar-refractivity contribution in [3.05, 3.63) is 0 Å². The fourth-order valence-corrected chi connectivity index (χ4v) is 6.35. The zero-order valence-corrected chi connectivity index (χ0v) is 30.0. The number of esters is 1. The topological polar surface area (TPSA) is 63.6 Å². The summed E-state index contributed by atoms with van der Waals surface area (Å²) in [5, 5.41) is 8.65. The highest BCUT2D eigenvalue weighted by atomic mass is 16.5. The Morgan fingerprint density at radius 2 is 0.727 bits per heavy atom. The summed E-state index contributed by atoms with van der Waals surface area (Å²) >= 11 is 0. The molecule has 0 aliphatic carbocycles. The summed E-state index contributed by atoms with van der Waals surface area (Å²) in [6.45, 7) is 4.44. The lowest BCUT2D eigenvalue weighted by Crippen LogP contribution is -2.17. The molecule has 0 heterocycles. The number of hydrogen-bond acceptors (Lipinski definition) is 3. The second-order valence-corrected chi connectivity index (χ2v) is 13.8. The van der Waals surface area contributed by atoms with Gasteiger partial charge in [0.2, 0.25) is 0 Å². The Kier molecular flexibility index (Phi) is 35.5. The number of rotatable bonds is 37. The fraction of sp³-hybridized carbons (Fsp3) is 0.950. The molecule has 0 saturated heterocycles. The largest absolute Gasteiger partial charge is 0.481 e. The van der Waals surface area contributed by atoms with Crippen molar-refractivity contribution in [1.29, 1.82) is 0 Å². The van der Waals surface area contributed by atoms with Gasteiger partial charge in [-0.2, -0.15) is 0 Å². The minimum Gasteiger partial charge on any atom is -0.481 e. The van der Waals surface area contributed by atoms with Gasteiger partial charge in [0.05, 0.1) is 0 Å². The van der Waals surface area contributed by atoms with Crippen LogP contribution in [-0.4, -0.2) is 23.1 Å². The van der Waals surface area contributed by atoms with Crippen molar-refractivity contribution in [2.45, 2.75) is 245 Å². The van der Waals surface area contributed by atoms with Gasteiger partial charge in [0.15, 0.2) is 0 Å². The van der Waals surface area contributed by atoms with E-state index in [-0.39, 0.29) is 12.1 Å². The molecule has 1 N–H and O–H groups in total. The van der Waals surface area contributed by atoms with Crippen LogP contribution in [0.2, 0.25) is 0 Å². The van der Waals surface area contributed by atoms with Crippen molar-refractivity contribution in [2.24, 2.45) is 0 Å². The van der Waals surface area contributed by atoms with Gasteiger partial charge in [-0.1, -0.05) is 194 Å². The van der Waals surface area contributed by atoms with Crippen molar-refractivity contribution in [3.63, 3.8) is 0 Å². The maximum absolute atomic E-state index is 12.3. The molecule has 0 saturated carbocycles. The highest BCUT2D eigenvalue weighted by Crippen LogP contribution is 2.17. The minimum absolute atomic E-state index is 0.0273. The normalized spacial score (nSPS) is 12.0. The summed E-state index contributed by atoms with van der Waals surface area (Å²) in [6.07, 6.45) is 43.6. The average molecular weight is 623 g/mol. The predicted octanol–water partition coefficient (Wildman–Crippen LogP) is 13.7. The molecule has 4 nitrogen and oxygen atoms in total. The number of carboxylic acid groups (broad SMARTS) is 1. The quantitative estimate of drug-likeness (QED) is 0.0553. The first-order chi connectivity index (χ1) is 21.6. The van der Waals surface area contributed by atoms with Crippen LogP contribution in [0.3, 0.4) is 0 Å². The van der Waals surface area contributed by atoms with Crippen molar-refractivity contribution < 1.29 is 19.4 Å². The highest BCUT2D eigenvalue weighted by molar-refractivity contribution is 5.69. The van der Waals surface area contributed by atoms with E-state index in [2.05, 4.69) is 13.8 Å². The Bertz CT molecular complexity index is 590. The van der Waals surface area contributed by atoms with Crippen molar-refractivity contribution in [1.82, 2.24) is 0 Å². The molecule has 0 rings (SSSR count). The molecule has 1 unspecified atom stereocenters. The summed E-state index contributed by atoms with van der Waals surface area (Å²) in [5.41, 5.74) is 0. The first kappa shape index (κ1) is 42.9. The van der Waals surface area contributed by atoms with Crippen LogP contribution in [0, 0.1) is 0 Å². The monoisotopic (exact) mass is 623 g/mol. The van der Waals surface area contributed by atoms with Crippen LogP contribution in [0.1, 0.15) is 239 Å². The number of carboxylic acids is 1. The Balaban J connectivity index is 3.37. The third-order valence-electron chi connectivity index (χ3n) is 9.40. The molecule has 0 aromatic carbocycles. The first-order valence-electron chi connectivity index (χ1n) is 20.0. The Hall–Kier alpha value is -1.06. The van der Waals surface area contributed by atoms with Gasteiger partial charge >= 0.3 is 11.9 Å². The van der Waals surface area contributed by atoms with Gasteiger partial charge in [0, 0.05) is 12.8 Å². The lowest BCUT2D eigenvalue weighted by molar-refractivity contribution is -0.149. The lowest BCUT2D eigenvalue weighted by Gasteiger charge is -2.16. The summed E-state index contributed by atoms with van der Waals surface area (Å²) in [6, 6.07) is 0. The Morgan fingerprint density at radius 3 is 1.05 bits per heavy atom. The molecule has 0 bridgehead atoms. The Morgan fingerprint density at radius 1 is 0.432 bits per heavy atom. The number of unbranched alkanes of at least 4 members (excludes halogenated alkanes) is 29. The maximum atomic E-state index is 12.3. The summed E-state index contributed by atoms with van der Waals surface area (Å²) < 4.78 is 5.80. The van der Waals surface area contributed by atoms with Crippen LogP contribution in [0.25, 0.3) is 0 Å². The molecule has 0 fully saturated rings. The lowest BCUT2D eigenvalue weighted by atomic mass is 10.0. The number of aliphatic carboxylic acids is 1. The molecule has 0 aromatic rings. The number of hydrogen-bond donors (Lipinski definition) is 1. The van der Waals surface area contributed by atoms with Crippen LogP contribution in [0.15, 0.2) is 0 Å². The van der Waals surface area contributed by atoms with Crippen LogP contribution in [0.5, 0.6) is 0 Å². The Labute approximate surface area is 275 Å². The van der Waals surface area contributed by atoms with Gasteiger partial charge in [-0.15, -0.1) is 0 Å². The smallest absolute Gasteiger partial charge is 0.306 e. The zero-order chi connectivity index (χ0) is 32.2. The maximum Gasteiger partial charge on any atom is 0.306 e. The van der Waals surface area contributed by atoms with E-state index in [1.54, 1.807) is 0 Å². The van der Waals surface area contributed by atoms with Crippen molar-refractivity contribution >= 4 is 11.9 Å². The van der Waals surface area contributed by atoms with E-state index >= 15 is 0 Å². The minimum atomic E-state index is -0.662. The molecule has 44 heavy (non-hydrogen) atoms. The second kappa shape index (κ2) is 36.4. The molecule has 0 spiro atoms. The van der Waals surface area contributed by atoms with Crippen LogP contribution >= 0.6 is 0 Å². The van der Waals surface area contributed by atoms with E-state index in [1.165, 1.54) is 180 Å². The van der Waals surface area contributed by atoms with Gasteiger partial charge in [-0.25, -0.2) is 0 Å². The molecule has 262 valence electrons. The zero-order valence-electron chi connectivity index (χ0n) is 30.0. The highest BCUT2D eigenvalue weighted by Gasteiger charge is 2.12. The van der Waals surface area contributed by atoms with Gasteiger partial charge in [-0.3, -0.25) is 9.59 Å². The molecular weight excluding hydrogens is 544 g/mol. The van der Waals surface area contributed by atoms with E-state index in [9.17, 15) is 9.59 Å². The standard InChI is InChI=1S/C40H78O4/c1-3-5-6-7-8-9-10-11-14-19-22-25-28-31-34-37-40(43)44-38(4-2)35-32-29-26-23-20-17-15-12-13-16-18-21-24-27-30-33-36-39(41)42/h38H,3-37H2,1-2H3,(H,41,42). The number of ether oxygens (including phenoxy) is 1. The van der Waals surface area contributed by atoms with Crippen LogP contribution in [0.4, 0.5) is 0 Å². The molecule has 0 aliphatic heterocycles. The molecule has 1 atom stereocenters. The van der Waals surface area contributed by atoms with Crippen molar-refractivity contribution in [2.75, 3.05) is 0 Å². The second-order valence-electron chi connectivity index (χ2n) is 13.8. The van der Waals surface area contributed by atoms with E-state index in [0.29, 0.717) is 12.8 Å². The molecule has 0 amide bonds.